The van der Waals surface area contributed by atoms with Crippen LogP contribution in [0.25, 0.3) is 10.9 Å². The second-order valence-corrected chi connectivity index (χ2v) is 13.6. The summed E-state index contributed by atoms with van der Waals surface area (Å²) in [6.45, 7) is 9.76. The van der Waals surface area contributed by atoms with Gasteiger partial charge in [-0.05, 0) is 43.9 Å². The van der Waals surface area contributed by atoms with Crippen molar-refractivity contribution in [1.29, 1.82) is 0 Å². The van der Waals surface area contributed by atoms with Crippen LogP contribution in [0, 0.1) is 11.8 Å². The second-order valence-electron chi connectivity index (χ2n) is 13.6. The molecule has 13 nitrogen and oxygen atoms in total. The number of unbranched alkanes of at least 4 members (excludes halogenated alkanes) is 1. The first-order valence-electron chi connectivity index (χ1n) is 17.3. The summed E-state index contributed by atoms with van der Waals surface area (Å²) in [5, 5.41) is 41.4. The number of aromatic nitrogens is 1. The number of H-pyrrole nitrogens is 1. The van der Waals surface area contributed by atoms with Gasteiger partial charge < -0.3 is 42.0 Å². The molecule has 9 N–H and O–H groups in total. The van der Waals surface area contributed by atoms with Crippen molar-refractivity contribution in [2.24, 2.45) is 17.6 Å². The van der Waals surface area contributed by atoms with Crippen LogP contribution in [0.1, 0.15) is 85.6 Å². The third-order valence-corrected chi connectivity index (χ3v) is 8.89. The molecule has 49 heavy (non-hydrogen) atoms. The van der Waals surface area contributed by atoms with Crippen LogP contribution in [-0.2, 0) is 30.4 Å². The molecule has 2 rings (SSSR count). The predicted molar refractivity (Wildman–Crippen MR) is 187 cm³/mol. The normalized spacial score (nSPS) is 16.1. The van der Waals surface area contributed by atoms with Gasteiger partial charge in [0.05, 0.1) is 36.8 Å². The van der Waals surface area contributed by atoms with E-state index in [1.54, 1.807) is 27.0 Å². The first-order chi connectivity index (χ1) is 23.1. The zero-order valence-corrected chi connectivity index (χ0v) is 29.8. The lowest BCUT2D eigenvalue weighted by atomic mass is 9.85. The van der Waals surface area contributed by atoms with Crippen molar-refractivity contribution in [2.45, 2.75) is 122 Å². The van der Waals surface area contributed by atoms with E-state index in [1.165, 1.54) is 0 Å². The van der Waals surface area contributed by atoms with Crippen molar-refractivity contribution >= 4 is 40.1 Å². The van der Waals surface area contributed by atoms with Crippen LogP contribution in [0.15, 0.2) is 30.5 Å². The summed E-state index contributed by atoms with van der Waals surface area (Å²) >= 11 is 0. The van der Waals surface area contributed by atoms with Gasteiger partial charge in [0.1, 0.15) is 0 Å². The maximum atomic E-state index is 13.6. The highest BCUT2D eigenvalue weighted by Gasteiger charge is 2.46. The number of carbonyl (C=O) groups is 5. The number of ketones is 3. The Balaban J connectivity index is 2.21. The van der Waals surface area contributed by atoms with Gasteiger partial charge in [0.15, 0.2) is 23.0 Å². The highest BCUT2D eigenvalue weighted by Crippen LogP contribution is 2.23. The lowest BCUT2D eigenvalue weighted by molar-refractivity contribution is -0.158. The number of benzene rings is 1. The minimum Gasteiger partial charge on any atom is -0.396 e. The molecule has 1 aromatic carbocycles. The summed E-state index contributed by atoms with van der Waals surface area (Å²) in [5.41, 5.74) is 4.58. The highest BCUT2D eigenvalue weighted by molar-refractivity contribution is 5.99. The number of hydrogen-bond acceptors (Lipinski definition) is 10. The summed E-state index contributed by atoms with van der Waals surface area (Å²) in [7, 11) is 0. The number of aliphatic hydroxyl groups is 3. The molecule has 2 amide bonds. The monoisotopic (exact) mass is 687 g/mol. The van der Waals surface area contributed by atoms with Crippen molar-refractivity contribution in [1.82, 2.24) is 20.9 Å². The van der Waals surface area contributed by atoms with Crippen LogP contribution in [0.3, 0.4) is 0 Å². The molecule has 0 aliphatic rings. The van der Waals surface area contributed by atoms with Gasteiger partial charge in [0, 0.05) is 48.8 Å². The minimum absolute atomic E-state index is 0.00457. The summed E-state index contributed by atoms with van der Waals surface area (Å²) in [6, 6.07) is 4.67. The van der Waals surface area contributed by atoms with Gasteiger partial charge >= 0.3 is 0 Å². The smallest absolute Gasteiger partial charge is 0.255 e. The van der Waals surface area contributed by atoms with E-state index in [0.29, 0.717) is 19.4 Å². The van der Waals surface area contributed by atoms with Gasteiger partial charge in [0.25, 0.3) is 5.91 Å². The van der Waals surface area contributed by atoms with E-state index >= 15 is 0 Å². The number of amides is 2. The Morgan fingerprint density at radius 1 is 0.939 bits per heavy atom. The van der Waals surface area contributed by atoms with E-state index in [2.05, 4.69) is 20.9 Å². The molecule has 13 heteroatoms. The number of fused-ring (bicyclic) bond motifs is 1. The molecule has 274 valence electrons. The summed E-state index contributed by atoms with van der Waals surface area (Å²) in [5.74, 6) is -4.80. The molecule has 0 fully saturated rings. The van der Waals surface area contributed by atoms with Gasteiger partial charge in [-0.15, -0.1) is 0 Å². The molecule has 0 saturated carbocycles. The van der Waals surface area contributed by atoms with Gasteiger partial charge in [-0.3, -0.25) is 24.0 Å². The fourth-order valence-corrected chi connectivity index (χ4v) is 5.84. The molecular formula is C36H57N5O8. The molecule has 6 atom stereocenters. The van der Waals surface area contributed by atoms with Crippen LogP contribution in [0.5, 0.6) is 0 Å². The third kappa shape index (κ3) is 11.8. The maximum Gasteiger partial charge on any atom is 0.255 e. The van der Waals surface area contributed by atoms with Crippen molar-refractivity contribution in [3.8, 4) is 0 Å². The molecule has 1 aromatic heterocycles. The number of aromatic amines is 1. The summed E-state index contributed by atoms with van der Waals surface area (Å²) in [4.78, 5) is 69.8. The number of aliphatic hydroxyl groups excluding tert-OH is 2. The predicted octanol–water partition coefficient (Wildman–Crippen LogP) is 1.45. The zero-order valence-electron chi connectivity index (χ0n) is 29.8. The number of nitrogens with one attached hydrogen (secondary N) is 4. The van der Waals surface area contributed by atoms with Crippen LogP contribution >= 0.6 is 0 Å². The lowest BCUT2D eigenvalue weighted by Crippen LogP contribution is -2.60. The van der Waals surface area contributed by atoms with Crippen molar-refractivity contribution in [3.63, 3.8) is 0 Å². The fourth-order valence-electron chi connectivity index (χ4n) is 5.84. The molecule has 0 spiro atoms. The fraction of sp³-hybridized carbons (Fsp3) is 0.639. The Kier molecular flexibility index (Phi) is 16.7. The Bertz CT molecular complexity index is 1410. The maximum absolute atomic E-state index is 13.6. The van der Waals surface area contributed by atoms with E-state index < -0.39 is 72.3 Å². The van der Waals surface area contributed by atoms with Crippen LogP contribution in [-0.4, -0.2) is 98.5 Å². The van der Waals surface area contributed by atoms with Crippen molar-refractivity contribution in [3.05, 3.63) is 36.0 Å². The lowest BCUT2D eigenvalue weighted by Gasteiger charge is -2.33. The molecular weight excluding hydrogens is 630 g/mol. The Morgan fingerprint density at radius 3 is 2.18 bits per heavy atom. The first-order valence-corrected chi connectivity index (χ1v) is 17.3. The Labute approximate surface area is 289 Å². The van der Waals surface area contributed by atoms with E-state index in [0.717, 1.165) is 29.8 Å². The third-order valence-electron chi connectivity index (χ3n) is 8.89. The number of nitrogens with two attached hydrogens (primary N) is 1. The number of rotatable bonds is 23. The van der Waals surface area contributed by atoms with Crippen LogP contribution in [0.2, 0.25) is 0 Å². The standard InChI is InChI=1S/C36H57N5O8/c1-7-30(44)29(16-24-19-38-27-13-9-8-12-26(24)27)40-35(48)36(49,23(6)43)18-32(46)33(21(2)3)41-34(47)25(20-42)17-31(45)28(39-22(4)5)14-10-11-15-37/h8-9,12-13,19,21-23,25,28-29,33,38-39,42-43,49H,7,10-11,14-18,20,37H2,1-6H3,(H,40,48)(H,41,47)/t23-,25+,28+,29+,33+,36-/m1/s1. The summed E-state index contributed by atoms with van der Waals surface area (Å²) < 4.78 is 0. The average Bonchev–Trinajstić information content (AvgIpc) is 3.46. The van der Waals surface area contributed by atoms with Gasteiger partial charge in [-0.1, -0.05) is 59.2 Å². The van der Waals surface area contributed by atoms with Crippen molar-refractivity contribution < 1.29 is 39.3 Å². The number of para-hydroxylation sites is 1. The minimum atomic E-state index is -2.63. The van der Waals surface area contributed by atoms with Gasteiger partial charge in [-0.25, -0.2) is 0 Å². The SMILES string of the molecule is CCC(=O)[C@H](Cc1c[nH]c2ccccc12)NC(=O)[C@@](O)(CC(=O)[C@@H](NC(=O)[C@H](CO)CC(=O)[C@H](CCCCN)NC(C)C)C(C)C)[C@@H](C)O. The number of Topliss-reactive ketones (excluding diaryl/α,β-unsaturated/α-hetero) is 3. The van der Waals surface area contributed by atoms with E-state index in [9.17, 15) is 39.3 Å². The van der Waals surface area contributed by atoms with Gasteiger partial charge in [-0.2, -0.15) is 0 Å². The largest absolute Gasteiger partial charge is 0.396 e. The molecule has 0 aliphatic heterocycles. The molecule has 1 heterocycles. The molecule has 0 bridgehead atoms. The van der Waals surface area contributed by atoms with Gasteiger partial charge in [0.2, 0.25) is 5.91 Å². The van der Waals surface area contributed by atoms with E-state index in [4.69, 9.17) is 5.73 Å². The number of hydrogen-bond donors (Lipinski definition) is 8. The van der Waals surface area contributed by atoms with Crippen molar-refractivity contribution in [2.75, 3.05) is 13.2 Å². The second kappa shape index (κ2) is 19.6. The quantitative estimate of drug-likeness (QED) is 0.0785. The van der Waals surface area contributed by atoms with Crippen LogP contribution < -0.4 is 21.7 Å². The topological polar surface area (TPSA) is 224 Å². The number of carbonyl (C=O) groups excluding carboxylic acids is 5. The average molecular weight is 688 g/mol. The molecule has 0 unspecified atom stereocenters. The molecule has 0 radical (unpaired) electrons. The van der Waals surface area contributed by atoms with Crippen LogP contribution in [0.4, 0.5) is 0 Å². The summed E-state index contributed by atoms with van der Waals surface area (Å²) in [6.07, 6.45) is 1.05. The zero-order chi connectivity index (χ0) is 36.9. The van der Waals surface area contributed by atoms with E-state index in [-0.39, 0.29) is 36.9 Å². The Morgan fingerprint density at radius 2 is 1.61 bits per heavy atom. The molecule has 0 saturated heterocycles. The Hall–Kier alpha value is -3.49. The molecule has 0 aliphatic carbocycles. The van der Waals surface area contributed by atoms with E-state index in [1.807, 2.05) is 38.1 Å². The first kappa shape index (κ1) is 41.7. The molecule has 2 aromatic rings. The highest BCUT2D eigenvalue weighted by atomic mass is 16.4.